The highest BCUT2D eigenvalue weighted by molar-refractivity contribution is 5.95. The number of urea groups is 1. The summed E-state index contributed by atoms with van der Waals surface area (Å²) in [6.07, 6.45) is 0.469. The number of rotatable bonds is 6. The number of amides is 2. The van der Waals surface area contributed by atoms with Crippen LogP contribution < -0.4 is 15.5 Å². The first kappa shape index (κ1) is 24.0. The van der Waals surface area contributed by atoms with Crippen LogP contribution in [0.3, 0.4) is 0 Å². The standard InChI is InChI=1S/C24H26F3N7O2/c1-14(2)20-23(11-36-12-23)32-22(35)34(20)19-8-9-28-21(31-19)30-15(3)18-10-33(13-29-18)17-6-4-16(5-7-17)24(25,26)27/h4-10,13-15,20H,11-12H2,1-3H3,(H,32,35)(H,28,30,31)/t15-,20-/m0/s1. The van der Waals surface area contributed by atoms with E-state index in [-0.39, 0.29) is 24.0 Å². The lowest BCUT2D eigenvalue weighted by molar-refractivity contribution is -0.137. The fourth-order valence-corrected chi connectivity index (χ4v) is 4.81. The molecule has 0 radical (unpaired) electrons. The molecular formula is C24H26F3N7O2. The summed E-state index contributed by atoms with van der Waals surface area (Å²) in [5.41, 5.74) is 0.0810. The van der Waals surface area contributed by atoms with Crippen molar-refractivity contribution < 1.29 is 22.7 Å². The Labute approximate surface area is 205 Å². The Morgan fingerprint density at radius 2 is 1.86 bits per heavy atom. The van der Waals surface area contributed by atoms with Gasteiger partial charge in [-0.05, 0) is 43.2 Å². The van der Waals surface area contributed by atoms with Crippen LogP contribution in [0.4, 0.5) is 29.7 Å². The molecule has 1 spiro atoms. The topological polar surface area (TPSA) is 97.2 Å². The van der Waals surface area contributed by atoms with E-state index >= 15 is 0 Å². The van der Waals surface area contributed by atoms with Gasteiger partial charge in [-0.1, -0.05) is 13.8 Å². The summed E-state index contributed by atoms with van der Waals surface area (Å²) in [7, 11) is 0. The molecule has 3 aromatic rings. The van der Waals surface area contributed by atoms with Gasteiger partial charge in [0.25, 0.3) is 0 Å². The summed E-state index contributed by atoms with van der Waals surface area (Å²) in [6.45, 7) is 6.93. The van der Waals surface area contributed by atoms with E-state index in [0.29, 0.717) is 36.4 Å². The van der Waals surface area contributed by atoms with Crippen LogP contribution in [0.1, 0.15) is 38.1 Å². The van der Waals surface area contributed by atoms with Gasteiger partial charge in [-0.2, -0.15) is 18.2 Å². The van der Waals surface area contributed by atoms with Crippen molar-refractivity contribution in [2.75, 3.05) is 23.4 Å². The molecule has 0 unspecified atom stereocenters. The number of ether oxygens (including phenoxy) is 1. The highest BCUT2D eigenvalue weighted by Gasteiger charge is 2.58. The maximum atomic E-state index is 12.9. The molecule has 1 aromatic carbocycles. The van der Waals surface area contributed by atoms with E-state index in [1.165, 1.54) is 18.5 Å². The van der Waals surface area contributed by atoms with Crippen molar-refractivity contribution in [3.8, 4) is 5.69 Å². The molecule has 2 aliphatic rings. The average Bonchev–Trinajstić information content (AvgIpc) is 3.42. The third-order valence-electron chi connectivity index (χ3n) is 6.54. The van der Waals surface area contributed by atoms with Gasteiger partial charge in [-0.25, -0.2) is 14.8 Å². The fraction of sp³-hybridized carbons (Fsp3) is 0.417. The van der Waals surface area contributed by atoms with Crippen molar-refractivity contribution in [2.24, 2.45) is 5.92 Å². The van der Waals surface area contributed by atoms with Gasteiger partial charge in [0.2, 0.25) is 5.95 Å². The molecule has 2 saturated heterocycles. The second-order valence-corrected chi connectivity index (χ2v) is 9.49. The lowest BCUT2D eigenvalue weighted by atomic mass is 9.82. The van der Waals surface area contributed by atoms with Gasteiger partial charge >= 0.3 is 12.2 Å². The number of imidazole rings is 1. The predicted octanol–water partition coefficient (Wildman–Crippen LogP) is 4.18. The quantitative estimate of drug-likeness (QED) is 0.526. The molecule has 190 valence electrons. The lowest BCUT2D eigenvalue weighted by Gasteiger charge is -2.44. The monoisotopic (exact) mass is 501 g/mol. The number of hydrogen-bond donors (Lipinski definition) is 2. The number of carbonyl (C=O) groups is 1. The largest absolute Gasteiger partial charge is 0.416 e. The van der Waals surface area contributed by atoms with Crippen LogP contribution in [0.25, 0.3) is 5.69 Å². The summed E-state index contributed by atoms with van der Waals surface area (Å²) in [5.74, 6) is 0.979. The summed E-state index contributed by atoms with van der Waals surface area (Å²) >= 11 is 0. The number of carbonyl (C=O) groups excluding carboxylic acids is 1. The van der Waals surface area contributed by atoms with Gasteiger partial charge in [-0.15, -0.1) is 0 Å². The molecule has 0 aliphatic carbocycles. The molecule has 5 rings (SSSR count). The number of anilines is 2. The SMILES string of the molecule is CC(C)[C@@H]1N(c2ccnc(N[C@@H](C)c3cn(-c4ccc(C(F)(F)F)cc4)cn3)n2)C(=O)NC12COC2. The Morgan fingerprint density at radius 1 is 1.14 bits per heavy atom. The zero-order valence-electron chi connectivity index (χ0n) is 20.0. The summed E-state index contributed by atoms with van der Waals surface area (Å²) in [6, 6.07) is 5.92. The Balaban J connectivity index is 1.32. The van der Waals surface area contributed by atoms with Gasteiger partial charge in [0.15, 0.2) is 0 Å². The van der Waals surface area contributed by atoms with Crippen LogP contribution >= 0.6 is 0 Å². The normalized spacial score (nSPS) is 19.9. The number of halogens is 3. The van der Waals surface area contributed by atoms with Crippen molar-refractivity contribution >= 4 is 17.8 Å². The maximum Gasteiger partial charge on any atom is 0.416 e. The Kier molecular flexibility index (Phi) is 5.86. The molecule has 4 heterocycles. The minimum absolute atomic E-state index is 0.113. The second-order valence-electron chi connectivity index (χ2n) is 9.49. The van der Waals surface area contributed by atoms with E-state index in [0.717, 1.165) is 12.1 Å². The van der Waals surface area contributed by atoms with E-state index in [2.05, 4.69) is 39.4 Å². The third kappa shape index (κ3) is 4.25. The fourth-order valence-electron chi connectivity index (χ4n) is 4.81. The number of nitrogens with one attached hydrogen (secondary N) is 2. The molecule has 2 aromatic heterocycles. The first-order valence-corrected chi connectivity index (χ1v) is 11.6. The minimum atomic E-state index is -4.39. The molecule has 2 amide bonds. The number of hydrogen-bond acceptors (Lipinski definition) is 6. The minimum Gasteiger partial charge on any atom is -0.376 e. The molecule has 2 fully saturated rings. The maximum absolute atomic E-state index is 12.9. The average molecular weight is 502 g/mol. The van der Waals surface area contributed by atoms with Gasteiger partial charge in [0, 0.05) is 18.1 Å². The van der Waals surface area contributed by atoms with Crippen LogP contribution in [-0.4, -0.2) is 50.3 Å². The Hall–Kier alpha value is -3.67. The van der Waals surface area contributed by atoms with Gasteiger partial charge < -0.3 is 19.9 Å². The van der Waals surface area contributed by atoms with Gasteiger partial charge in [0.05, 0.1) is 42.9 Å². The van der Waals surface area contributed by atoms with Crippen molar-refractivity contribution in [1.29, 1.82) is 0 Å². The molecule has 2 aliphatic heterocycles. The van der Waals surface area contributed by atoms with Crippen LogP contribution in [-0.2, 0) is 10.9 Å². The van der Waals surface area contributed by atoms with Crippen molar-refractivity contribution in [3.63, 3.8) is 0 Å². The van der Waals surface area contributed by atoms with Gasteiger partial charge in [0.1, 0.15) is 11.4 Å². The summed E-state index contributed by atoms with van der Waals surface area (Å²) in [4.78, 5) is 27.8. The smallest absolute Gasteiger partial charge is 0.376 e. The van der Waals surface area contributed by atoms with Crippen LogP contribution in [0, 0.1) is 5.92 Å². The Morgan fingerprint density at radius 3 is 2.47 bits per heavy atom. The molecule has 2 atom stereocenters. The zero-order chi connectivity index (χ0) is 25.7. The second kappa shape index (κ2) is 8.77. The summed E-state index contributed by atoms with van der Waals surface area (Å²) < 4.78 is 45.6. The first-order chi connectivity index (χ1) is 17.1. The van der Waals surface area contributed by atoms with E-state index in [1.807, 2.05) is 6.92 Å². The van der Waals surface area contributed by atoms with E-state index in [9.17, 15) is 18.0 Å². The van der Waals surface area contributed by atoms with E-state index < -0.39 is 17.3 Å². The molecule has 36 heavy (non-hydrogen) atoms. The van der Waals surface area contributed by atoms with Crippen LogP contribution in [0.5, 0.6) is 0 Å². The van der Waals surface area contributed by atoms with Crippen LogP contribution in [0.15, 0.2) is 49.1 Å². The zero-order valence-corrected chi connectivity index (χ0v) is 20.0. The van der Waals surface area contributed by atoms with E-state index in [1.54, 1.807) is 27.9 Å². The molecule has 2 N–H and O–H groups in total. The number of aromatic nitrogens is 4. The first-order valence-electron chi connectivity index (χ1n) is 11.6. The third-order valence-corrected chi connectivity index (χ3v) is 6.54. The molecule has 9 nitrogen and oxygen atoms in total. The molecule has 0 saturated carbocycles. The number of alkyl halides is 3. The number of nitrogens with zero attached hydrogens (tertiary/aromatic N) is 5. The highest BCUT2D eigenvalue weighted by atomic mass is 19.4. The molecular weight excluding hydrogens is 475 g/mol. The van der Waals surface area contributed by atoms with Gasteiger partial charge in [-0.3, -0.25) is 4.90 Å². The Bertz CT molecular complexity index is 1260. The predicted molar refractivity (Wildman–Crippen MR) is 126 cm³/mol. The lowest BCUT2D eigenvalue weighted by Crippen LogP contribution is -2.65. The van der Waals surface area contributed by atoms with Crippen LogP contribution in [0.2, 0.25) is 0 Å². The van der Waals surface area contributed by atoms with Crippen molar-refractivity contribution in [2.45, 2.75) is 44.6 Å². The number of benzene rings is 1. The van der Waals surface area contributed by atoms with Crippen molar-refractivity contribution in [1.82, 2.24) is 24.8 Å². The highest BCUT2D eigenvalue weighted by Crippen LogP contribution is 2.37. The van der Waals surface area contributed by atoms with E-state index in [4.69, 9.17) is 4.74 Å². The molecule has 12 heteroatoms. The summed E-state index contributed by atoms with van der Waals surface area (Å²) in [5, 5.41) is 6.26. The molecule has 0 bridgehead atoms. The van der Waals surface area contributed by atoms with Crippen molar-refractivity contribution in [3.05, 3.63) is 60.3 Å².